The van der Waals surface area contributed by atoms with Crippen LogP contribution in [-0.2, 0) is 0 Å². The lowest BCUT2D eigenvalue weighted by atomic mass is 9.86. The predicted octanol–water partition coefficient (Wildman–Crippen LogP) is 1.98. The highest BCUT2D eigenvalue weighted by atomic mass is 32.1. The lowest BCUT2D eigenvalue weighted by molar-refractivity contribution is 0.908. The second kappa shape index (κ2) is 6.43. The summed E-state index contributed by atoms with van der Waals surface area (Å²) in [5, 5.41) is 27.1. The number of thiazole rings is 1. The van der Waals surface area contributed by atoms with E-state index in [4.69, 9.17) is 5.73 Å². The van der Waals surface area contributed by atoms with Gasteiger partial charge in [0.1, 0.15) is 10.5 Å². The summed E-state index contributed by atoms with van der Waals surface area (Å²) in [6.45, 7) is 0. The van der Waals surface area contributed by atoms with E-state index in [0.29, 0.717) is 14.8 Å². The molecule has 3 aromatic rings. The van der Waals surface area contributed by atoms with Gasteiger partial charge >= 0.3 is 0 Å². The maximum atomic E-state index is 12.9. The molecule has 0 spiro atoms. The molecule has 0 amide bonds. The lowest BCUT2D eigenvalue weighted by Crippen LogP contribution is -2.38. The summed E-state index contributed by atoms with van der Waals surface area (Å²) in [7, 11) is 0. The Balaban J connectivity index is 2.11. The van der Waals surface area contributed by atoms with E-state index in [0.717, 1.165) is 11.1 Å². The van der Waals surface area contributed by atoms with Crippen molar-refractivity contribution in [1.82, 2.24) is 4.57 Å². The van der Waals surface area contributed by atoms with Crippen LogP contribution in [0.2, 0.25) is 0 Å². The smallest absolute Gasteiger partial charge is 0.274 e. The fourth-order valence-corrected chi connectivity index (χ4v) is 5.36. The van der Waals surface area contributed by atoms with E-state index in [9.17, 15) is 15.3 Å². The van der Waals surface area contributed by atoms with Crippen LogP contribution in [-0.4, -0.2) is 4.57 Å². The predicted molar refractivity (Wildman–Crippen MR) is 105 cm³/mol. The SMILES string of the molecule is N#CC1=C(N)n2c(s/c(=C/c3ccsc3)c2=O)=C(C#N)[C@H]1c1ccsc1. The fraction of sp³-hybridized carbons (Fsp3) is 0.0556. The Bertz CT molecular complexity index is 1280. The maximum Gasteiger partial charge on any atom is 0.274 e. The van der Waals surface area contributed by atoms with Gasteiger partial charge in [0.25, 0.3) is 5.56 Å². The van der Waals surface area contributed by atoms with E-state index in [1.54, 1.807) is 6.08 Å². The van der Waals surface area contributed by atoms with Gasteiger partial charge in [-0.3, -0.25) is 9.36 Å². The summed E-state index contributed by atoms with van der Waals surface area (Å²) in [6, 6.07) is 8.09. The van der Waals surface area contributed by atoms with Crippen LogP contribution in [0.25, 0.3) is 17.5 Å². The van der Waals surface area contributed by atoms with E-state index in [1.807, 2.05) is 33.7 Å². The largest absolute Gasteiger partial charge is 0.384 e. The van der Waals surface area contributed by atoms with Crippen LogP contribution in [0.3, 0.4) is 0 Å². The first kappa shape index (κ1) is 16.6. The monoisotopic (exact) mass is 394 g/mol. The first-order chi connectivity index (χ1) is 12.7. The molecule has 0 saturated carbocycles. The number of nitriles is 2. The fourth-order valence-electron chi connectivity index (χ4n) is 2.93. The van der Waals surface area contributed by atoms with Crippen molar-refractivity contribution in [3.05, 3.63) is 69.9 Å². The van der Waals surface area contributed by atoms with Gasteiger partial charge in [-0.2, -0.15) is 33.2 Å². The molecule has 3 aromatic heterocycles. The van der Waals surface area contributed by atoms with Gasteiger partial charge in [0.15, 0.2) is 0 Å². The maximum absolute atomic E-state index is 12.9. The Labute approximate surface area is 160 Å². The lowest BCUT2D eigenvalue weighted by Gasteiger charge is -2.21. The Morgan fingerprint density at radius 3 is 2.46 bits per heavy atom. The number of rotatable bonds is 2. The van der Waals surface area contributed by atoms with Crippen LogP contribution in [0.4, 0.5) is 0 Å². The molecule has 0 bridgehead atoms. The van der Waals surface area contributed by atoms with Crippen LogP contribution in [0, 0.1) is 22.7 Å². The molecule has 8 heteroatoms. The molecule has 0 radical (unpaired) electrons. The van der Waals surface area contributed by atoms with Crippen molar-refractivity contribution < 1.29 is 0 Å². The summed E-state index contributed by atoms with van der Waals surface area (Å²) in [5.74, 6) is -0.438. The van der Waals surface area contributed by atoms with Crippen molar-refractivity contribution in [3.63, 3.8) is 0 Å². The van der Waals surface area contributed by atoms with Crippen LogP contribution in [0.5, 0.6) is 0 Å². The molecule has 0 unspecified atom stereocenters. The summed E-state index contributed by atoms with van der Waals surface area (Å²) in [4.78, 5) is 12.9. The molecule has 5 nitrogen and oxygen atoms in total. The van der Waals surface area contributed by atoms with Gasteiger partial charge in [-0.15, -0.1) is 11.3 Å². The van der Waals surface area contributed by atoms with Crippen molar-refractivity contribution >= 4 is 51.5 Å². The molecule has 4 rings (SSSR count). The minimum absolute atomic E-state index is 0.101. The third-order valence-electron chi connectivity index (χ3n) is 4.11. The zero-order valence-electron chi connectivity index (χ0n) is 13.2. The highest BCUT2D eigenvalue weighted by molar-refractivity contribution is 7.08. The van der Waals surface area contributed by atoms with Crippen molar-refractivity contribution in [1.29, 1.82) is 10.5 Å². The van der Waals surface area contributed by atoms with E-state index >= 15 is 0 Å². The molecule has 0 aliphatic carbocycles. The average Bonchev–Trinajstić information content (AvgIpc) is 3.38. The van der Waals surface area contributed by atoms with E-state index in [-0.39, 0.29) is 17.0 Å². The van der Waals surface area contributed by atoms with Gasteiger partial charge < -0.3 is 5.73 Å². The van der Waals surface area contributed by atoms with Gasteiger partial charge in [0.05, 0.1) is 33.7 Å². The molecular formula is C18H10N4OS3. The second-order valence-corrected chi connectivity index (χ2v) is 8.13. The summed E-state index contributed by atoms with van der Waals surface area (Å²) in [6.07, 6.45) is 1.78. The van der Waals surface area contributed by atoms with Crippen LogP contribution in [0.15, 0.2) is 44.0 Å². The Morgan fingerprint density at radius 2 is 1.85 bits per heavy atom. The first-order valence-electron chi connectivity index (χ1n) is 7.48. The van der Waals surface area contributed by atoms with Crippen molar-refractivity contribution in [2.75, 3.05) is 0 Å². The molecule has 2 N–H and O–H groups in total. The summed E-state index contributed by atoms with van der Waals surface area (Å²) < 4.78 is 2.27. The van der Waals surface area contributed by atoms with Crippen LogP contribution < -0.4 is 20.5 Å². The Kier molecular flexibility index (Phi) is 4.09. The van der Waals surface area contributed by atoms with Crippen LogP contribution in [0.1, 0.15) is 17.0 Å². The minimum Gasteiger partial charge on any atom is -0.384 e. The third kappa shape index (κ3) is 2.44. The van der Waals surface area contributed by atoms with Gasteiger partial charge in [0.2, 0.25) is 0 Å². The number of nitrogens with two attached hydrogens (primary N) is 1. The zero-order valence-corrected chi connectivity index (χ0v) is 15.6. The number of thiophene rings is 2. The molecule has 126 valence electrons. The molecule has 0 aromatic carbocycles. The van der Waals surface area contributed by atoms with Crippen molar-refractivity contribution in [2.24, 2.45) is 5.73 Å². The molecule has 1 aliphatic rings. The number of hydrogen-bond acceptors (Lipinski definition) is 7. The van der Waals surface area contributed by atoms with Gasteiger partial charge in [-0.1, -0.05) is 0 Å². The van der Waals surface area contributed by atoms with Gasteiger partial charge in [-0.05, 0) is 50.9 Å². The quantitative estimate of drug-likeness (QED) is 0.719. The molecular weight excluding hydrogens is 384 g/mol. The number of hydrogen-bond donors (Lipinski definition) is 1. The van der Waals surface area contributed by atoms with E-state index in [1.165, 1.54) is 38.6 Å². The van der Waals surface area contributed by atoms with Crippen molar-refractivity contribution in [2.45, 2.75) is 5.92 Å². The zero-order chi connectivity index (χ0) is 18.3. The average molecular weight is 395 g/mol. The molecule has 1 aliphatic heterocycles. The molecule has 0 fully saturated rings. The number of aromatic nitrogens is 1. The Morgan fingerprint density at radius 1 is 1.12 bits per heavy atom. The first-order valence-corrected chi connectivity index (χ1v) is 10.2. The second-order valence-electron chi connectivity index (χ2n) is 5.54. The van der Waals surface area contributed by atoms with E-state index in [2.05, 4.69) is 12.1 Å². The number of nitrogens with zero attached hydrogens (tertiary/aromatic N) is 3. The van der Waals surface area contributed by atoms with Gasteiger partial charge in [-0.25, -0.2) is 0 Å². The molecule has 4 heterocycles. The van der Waals surface area contributed by atoms with E-state index < -0.39 is 5.92 Å². The minimum atomic E-state index is -0.539. The van der Waals surface area contributed by atoms with Gasteiger partial charge in [0, 0.05) is 0 Å². The molecule has 1 atom stereocenters. The Hall–Kier alpha value is -2.91. The normalized spacial score (nSPS) is 17.1. The summed E-state index contributed by atoms with van der Waals surface area (Å²) >= 11 is 4.26. The van der Waals surface area contributed by atoms with Crippen molar-refractivity contribution in [3.8, 4) is 12.1 Å². The number of fused-ring (bicyclic) bond motifs is 1. The highest BCUT2D eigenvalue weighted by Crippen LogP contribution is 2.36. The standard InChI is InChI=1S/C18H10N4OS3/c19-6-12-15(11-2-4-25-9-11)13(7-20)18-22(16(12)21)17(23)14(26-18)5-10-1-3-24-8-10/h1-5,8-9,15H,21H2/b14-5+/t15-/m0/s1. The molecule has 26 heavy (non-hydrogen) atoms. The third-order valence-corrected chi connectivity index (χ3v) is 6.62. The number of allylic oxidation sites excluding steroid dienone is 1. The van der Waals surface area contributed by atoms with Crippen LogP contribution >= 0.6 is 34.0 Å². The topological polar surface area (TPSA) is 95.6 Å². The highest BCUT2D eigenvalue weighted by Gasteiger charge is 2.32. The summed E-state index contributed by atoms with van der Waals surface area (Å²) in [5.41, 5.74) is 8.25. The molecule has 0 saturated heterocycles.